The number of nitrogens with zero attached hydrogens (tertiary/aromatic N) is 1. The number of benzene rings is 1. The van der Waals surface area contributed by atoms with Gasteiger partial charge in [-0.2, -0.15) is 5.11 Å². The van der Waals surface area contributed by atoms with Gasteiger partial charge in [-0.15, -0.1) is 0 Å². The van der Waals surface area contributed by atoms with Gasteiger partial charge in [-0.05, 0) is 18.6 Å². The predicted octanol–water partition coefficient (Wildman–Crippen LogP) is 0.665. The van der Waals surface area contributed by atoms with E-state index in [1.165, 1.54) is 0 Å². The molecule has 0 spiro atoms. The molecule has 2 aliphatic heterocycles. The fourth-order valence-electron chi connectivity index (χ4n) is 2.50. The molecule has 2 unspecified atom stereocenters. The highest BCUT2D eigenvalue weighted by atomic mass is 16.6. The highest BCUT2D eigenvalue weighted by Gasteiger charge is 2.48. The number of para-hydroxylation sites is 1. The van der Waals surface area contributed by atoms with Gasteiger partial charge >= 0.3 is 0 Å². The minimum Gasteiger partial charge on any atom is -0.397 e. The topological polar surface area (TPSA) is 133 Å². The first-order valence-corrected chi connectivity index (χ1v) is 6.62. The molecule has 3 atom stereocenters. The Bertz CT molecular complexity index is 618. The fourth-order valence-corrected chi connectivity index (χ4v) is 2.50. The number of nitrogen functional groups attached to an aromatic ring is 1. The molecule has 110 valence electrons. The first-order valence-electron chi connectivity index (χ1n) is 6.62. The molecule has 8 heteroatoms. The summed E-state index contributed by atoms with van der Waals surface area (Å²) in [4.78, 5) is 23.7. The largest absolute Gasteiger partial charge is 0.397 e. The molecule has 2 heterocycles. The minimum absolute atomic E-state index is 0.0787. The van der Waals surface area contributed by atoms with Crippen molar-refractivity contribution in [2.75, 3.05) is 5.73 Å². The van der Waals surface area contributed by atoms with Gasteiger partial charge in [-0.25, -0.2) is 5.53 Å². The van der Waals surface area contributed by atoms with Crippen LogP contribution in [0.25, 0.3) is 0 Å². The molecular formula is C13H15N5O3. The number of nitrogens with one attached hydrogen (secondary N) is 3. The maximum Gasteiger partial charge on any atom is 0.253 e. The summed E-state index contributed by atoms with van der Waals surface area (Å²) in [6.07, 6.45) is 0.340. The van der Waals surface area contributed by atoms with E-state index >= 15 is 0 Å². The van der Waals surface area contributed by atoms with E-state index in [4.69, 9.17) is 16.0 Å². The molecule has 3 rings (SSSR count). The Morgan fingerprint density at radius 2 is 2.33 bits per heavy atom. The number of hydrogen-bond acceptors (Lipinski definition) is 6. The Labute approximate surface area is 120 Å². The molecule has 8 nitrogen and oxygen atoms in total. The van der Waals surface area contributed by atoms with Gasteiger partial charge in [-0.3, -0.25) is 9.59 Å². The van der Waals surface area contributed by atoms with Crippen LogP contribution in [0.3, 0.4) is 0 Å². The third-order valence-corrected chi connectivity index (χ3v) is 3.65. The zero-order valence-electron chi connectivity index (χ0n) is 11.1. The number of epoxide rings is 1. The smallest absolute Gasteiger partial charge is 0.253 e. The molecular weight excluding hydrogens is 274 g/mol. The Morgan fingerprint density at radius 1 is 1.52 bits per heavy atom. The van der Waals surface area contributed by atoms with Crippen LogP contribution in [0.15, 0.2) is 23.3 Å². The third-order valence-electron chi connectivity index (χ3n) is 3.65. The lowest BCUT2D eigenvalue weighted by Crippen LogP contribution is -2.39. The van der Waals surface area contributed by atoms with E-state index in [2.05, 4.69) is 15.7 Å². The molecule has 2 amide bonds. The van der Waals surface area contributed by atoms with Crippen molar-refractivity contribution in [2.45, 2.75) is 31.2 Å². The van der Waals surface area contributed by atoms with Gasteiger partial charge in [0.15, 0.2) is 6.23 Å². The van der Waals surface area contributed by atoms with Gasteiger partial charge in [0.05, 0.1) is 17.3 Å². The zero-order chi connectivity index (χ0) is 15.0. The summed E-state index contributed by atoms with van der Waals surface area (Å²) in [5, 5.41) is 8.85. The van der Waals surface area contributed by atoms with E-state index < -0.39 is 0 Å². The van der Waals surface area contributed by atoms with Crippen molar-refractivity contribution in [3.63, 3.8) is 0 Å². The number of amides is 2. The average molecular weight is 289 g/mol. The quantitative estimate of drug-likeness (QED) is 0.369. The average Bonchev–Trinajstić information content (AvgIpc) is 3.22. The monoisotopic (exact) mass is 289 g/mol. The van der Waals surface area contributed by atoms with Crippen LogP contribution in [0.5, 0.6) is 0 Å². The number of rotatable bonds is 3. The molecule has 0 radical (unpaired) electrons. The van der Waals surface area contributed by atoms with E-state index in [9.17, 15) is 9.59 Å². The fraction of sp³-hybridized carbons (Fsp3) is 0.385. The number of carbonyl (C=O) groups is 2. The van der Waals surface area contributed by atoms with Crippen LogP contribution < -0.4 is 16.4 Å². The molecule has 5 N–H and O–H groups in total. The lowest BCUT2D eigenvalue weighted by atomic mass is 10.1. The first kappa shape index (κ1) is 13.5. The van der Waals surface area contributed by atoms with Crippen LogP contribution in [-0.2, 0) is 9.53 Å². The first-order chi connectivity index (χ1) is 10.1. The SMILES string of the molecule is N=Nc1c(N)cccc1C(=O)NC1CCC(=O)NC2O[C@H]12. The Kier molecular flexibility index (Phi) is 3.30. The number of fused-ring (bicyclic) bond motifs is 1. The van der Waals surface area contributed by atoms with Crippen molar-refractivity contribution in [3.8, 4) is 0 Å². The number of nitrogens with two attached hydrogens (primary N) is 1. The number of hydrogen-bond donors (Lipinski definition) is 4. The van der Waals surface area contributed by atoms with Crippen molar-refractivity contribution in [3.05, 3.63) is 23.8 Å². The highest BCUT2D eigenvalue weighted by Crippen LogP contribution is 2.30. The zero-order valence-corrected chi connectivity index (χ0v) is 11.1. The third kappa shape index (κ3) is 2.57. The molecule has 0 saturated carbocycles. The lowest BCUT2D eigenvalue weighted by Gasteiger charge is -2.15. The second-order valence-electron chi connectivity index (χ2n) is 5.06. The van der Waals surface area contributed by atoms with Gasteiger partial charge in [0.1, 0.15) is 11.8 Å². The van der Waals surface area contributed by atoms with E-state index in [1.807, 2.05) is 0 Å². The second kappa shape index (κ2) is 5.13. The number of ether oxygens (including phenoxy) is 1. The van der Waals surface area contributed by atoms with Crippen molar-refractivity contribution in [2.24, 2.45) is 5.11 Å². The van der Waals surface area contributed by atoms with Crippen LogP contribution in [0, 0.1) is 5.53 Å². The summed E-state index contributed by atoms with van der Waals surface area (Å²) in [7, 11) is 0. The predicted molar refractivity (Wildman–Crippen MR) is 73.0 cm³/mol. The van der Waals surface area contributed by atoms with Gasteiger partial charge < -0.3 is 21.1 Å². The van der Waals surface area contributed by atoms with Crippen molar-refractivity contribution >= 4 is 23.2 Å². The Balaban J connectivity index is 1.76. The van der Waals surface area contributed by atoms with E-state index in [-0.39, 0.29) is 47.1 Å². The van der Waals surface area contributed by atoms with Gasteiger partial charge in [0.2, 0.25) is 5.91 Å². The molecule has 0 aromatic heterocycles. The van der Waals surface area contributed by atoms with E-state index in [0.717, 1.165) is 0 Å². The molecule has 0 bridgehead atoms. The summed E-state index contributed by atoms with van der Waals surface area (Å²) < 4.78 is 5.33. The van der Waals surface area contributed by atoms with Crippen molar-refractivity contribution in [1.29, 1.82) is 5.53 Å². The maximum atomic E-state index is 12.3. The Morgan fingerprint density at radius 3 is 3.10 bits per heavy atom. The molecule has 2 saturated heterocycles. The summed E-state index contributed by atoms with van der Waals surface area (Å²) in [5.41, 5.74) is 13.5. The summed E-state index contributed by atoms with van der Waals surface area (Å²) in [6, 6.07) is 4.53. The standard InChI is InChI=1S/C13H15N5O3/c14-7-3-1-2-6(10(7)18-15)12(20)16-8-4-5-9(19)17-13-11(8)21-13/h1-3,8,11,13,15H,4-5,14H2,(H,16,20)(H,17,19)/t8?,11-,13?/m1/s1. The van der Waals surface area contributed by atoms with Crippen LogP contribution >= 0.6 is 0 Å². The highest BCUT2D eigenvalue weighted by molar-refractivity contribution is 6.01. The van der Waals surface area contributed by atoms with Crippen LogP contribution in [-0.4, -0.2) is 30.2 Å². The number of anilines is 1. The lowest BCUT2D eigenvalue weighted by molar-refractivity contribution is -0.121. The molecule has 1 aromatic carbocycles. The molecule has 21 heavy (non-hydrogen) atoms. The normalized spacial score (nSPS) is 27.0. The van der Waals surface area contributed by atoms with E-state index in [0.29, 0.717) is 12.8 Å². The summed E-state index contributed by atoms with van der Waals surface area (Å²) in [5.74, 6) is -0.452. The number of carbonyl (C=O) groups excluding carboxylic acids is 2. The second-order valence-corrected chi connectivity index (χ2v) is 5.06. The van der Waals surface area contributed by atoms with Crippen molar-refractivity contribution in [1.82, 2.24) is 10.6 Å². The van der Waals surface area contributed by atoms with Crippen LogP contribution in [0.4, 0.5) is 11.4 Å². The minimum atomic E-state index is -0.373. The van der Waals surface area contributed by atoms with Crippen LogP contribution in [0.2, 0.25) is 0 Å². The summed E-state index contributed by atoms with van der Waals surface area (Å²) >= 11 is 0. The van der Waals surface area contributed by atoms with Gasteiger partial charge in [0.25, 0.3) is 5.91 Å². The van der Waals surface area contributed by atoms with Gasteiger partial charge in [-0.1, -0.05) is 6.07 Å². The van der Waals surface area contributed by atoms with Crippen molar-refractivity contribution < 1.29 is 14.3 Å². The molecule has 2 aliphatic rings. The molecule has 1 aromatic rings. The maximum absolute atomic E-state index is 12.3. The van der Waals surface area contributed by atoms with Gasteiger partial charge in [0, 0.05) is 6.42 Å². The Hall–Kier alpha value is -2.48. The molecule has 0 aliphatic carbocycles. The molecule has 2 fully saturated rings. The summed E-state index contributed by atoms with van der Waals surface area (Å²) in [6.45, 7) is 0. The van der Waals surface area contributed by atoms with Crippen LogP contribution in [0.1, 0.15) is 23.2 Å². The van der Waals surface area contributed by atoms with E-state index in [1.54, 1.807) is 18.2 Å².